The van der Waals surface area contributed by atoms with Crippen LogP contribution in [0.3, 0.4) is 0 Å². The van der Waals surface area contributed by atoms with Crippen molar-refractivity contribution >= 4 is 6.08 Å². The molecule has 0 N–H and O–H groups in total. The second kappa shape index (κ2) is 7.51. The Hall–Kier alpha value is -1.06. The first-order chi connectivity index (χ1) is 9.28. The van der Waals surface area contributed by atoms with E-state index in [0.717, 1.165) is 38.0 Å². The maximum atomic E-state index is 5.42. The zero-order valence-electron chi connectivity index (χ0n) is 12.1. The van der Waals surface area contributed by atoms with Crippen molar-refractivity contribution < 1.29 is 9.15 Å². The topological polar surface area (TPSA) is 25.6 Å². The summed E-state index contributed by atoms with van der Waals surface area (Å²) < 4.78 is 10.8. The maximum Gasteiger partial charge on any atom is 0.126 e. The minimum Gasteiger partial charge on any atom is -0.465 e. The van der Waals surface area contributed by atoms with Gasteiger partial charge in [-0.3, -0.25) is 4.90 Å². The minimum atomic E-state index is 0.796. The Morgan fingerprint density at radius 1 is 1.42 bits per heavy atom. The van der Waals surface area contributed by atoms with Crippen LogP contribution in [0.25, 0.3) is 6.08 Å². The van der Waals surface area contributed by atoms with Crippen molar-refractivity contribution in [2.24, 2.45) is 5.92 Å². The molecule has 1 aromatic heterocycles. The molecule has 3 nitrogen and oxygen atoms in total. The Balaban J connectivity index is 1.84. The summed E-state index contributed by atoms with van der Waals surface area (Å²) >= 11 is 0. The van der Waals surface area contributed by atoms with Crippen LogP contribution in [0.2, 0.25) is 0 Å². The average molecular weight is 263 g/mol. The van der Waals surface area contributed by atoms with Crippen molar-refractivity contribution in [3.05, 3.63) is 29.7 Å². The van der Waals surface area contributed by atoms with Crippen molar-refractivity contribution in [1.82, 2.24) is 4.90 Å². The number of ether oxygens (including phenoxy) is 1. The largest absolute Gasteiger partial charge is 0.465 e. The van der Waals surface area contributed by atoms with Gasteiger partial charge in [-0.25, -0.2) is 0 Å². The summed E-state index contributed by atoms with van der Waals surface area (Å²) in [7, 11) is 0. The lowest BCUT2D eigenvalue weighted by atomic mass is 9.99. The van der Waals surface area contributed by atoms with Crippen LogP contribution in [0.1, 0.15) is 32.4 Å². The lowest BCUT2D eigenvalue weighted by molar-refractivity contribution is 0.0544. The highest BCUT2D eigenvalue weighted by Crippen LogP contribution is 2.17. The van der Waals surface area contributed by atoms with Crippen LogP contribution < -0.4 is 0 Å². The predicted molar refractivity (Wildman–Crippen MR) is 78.0 cm³/mol. The van der Waals surface area contributed by atoms with Crippen molar-refractivity contribution in [2.75, 3.05) is 32.8 Å². The summed E-state index contributed by atoms with van der Waals surface area (Å²) in [4.78, 5) is 2.52. The van der Waals surface area contributed by atoms with Gasteiger partial charge in [-0.05, 0) is 50.4 Å². The minimum absolute atomic E-state index is 0.796. The summed E-state index contributed by atoms with van der Waals surface area (Å²) in [5.74, 6) is 1.74. The molecule has 0 saturated carbocycles. The van der Waals surface area contributed by atoms with Gasteiger partial charge in [0.25, 0.3) is 0 Å². The fourth-order valence-electron chi connectivity index (χ4n) is 2.61. The molecule has 0 amide bonds. The lowest BCUT2D eigenvalue weighted by Gasteiger charge is -2.29. The van der Waals surface area contributed by atoms with Gasteiger partial charge in [-0.15, -0.1) is 0 Å². The molecule has 2 rings (SSSR count). The summed E-state index contributed by atoms with van der Waals surface area (Å²) in [5, 5.41) is 0. The van der Waals surface area contributed by atoms with E-state index in [9.17, 15) is 0 Å². The fourth-order valence-corrected chi connectivity index (χ4v) is 2.61. The molecule has 1 aromatic rings. The number of nitrogens with zero attached hydrogens (tertiary/aromatic N) is 1. The fraction of sp³-hybridized carbons (Fsp3) is 0.625. The molecule has 1 saturated heterocycles. The zero-order valence-corrected chi connectivity index (χ0v) is 12.1. The van der Waals surface area contributed by atoms with E-state index in [1.807, 2.05) is 12.1 Å². The highest BCUT2D eigenvalue weighted by molar-refractivity contribution is 5.46. The molecule has 0 aliphatic carbocycles. The standard InChI is InChI=1S/C16H25NO2/c1-3-17(13-15-6-9-18-10-7-15)12-14(2)11-16-5-4-8-19-16/h4-5,8,11,15H,3,6-7,9-10,12-13H2,1-2H3/b14-11+. The van der Waals surface area contributed by atoms with E-state index < -0.39 is 0 Å². The molecule has 0 spiro atoms. The number of hydrogen-bond donors (Lipinski definition) is 0. The molecule has 106 valence electrons. The molecule has 0 radical (unpaired) electrons. The molecule has 0 aromatic carbocycles. The van der Waals surface area contributed by atoms with Crippen molar-refractivity contribution in [1.29, 1.82) is 0 Å². The quantitative estimate of drug-likeness (QED) is 0.786. The highest BCUT2D eigenvalue weighted by Gasteiger charge is 2.16. The molecule has 1 fully saturated rings. The Bertz CT molecular complexity index is 377. The van der Waals surface area contributed by atoms with Gasteiger partial charge in [0.05, 0.1) is 6.26 Å². The Morgan fingerprint density at radius 2 is 2.21 bits per heavy atom. The van der Waals surface area contributed by atoms with Gasteiger partial charge in [-0.1, -0.05) is 12.5 Å². The molecule has 19 heavy (non-hydrogen) atoms. The Labute approximate surface area is 116 Å². The van der Waals surface area contributed by atoms with Gasteiger partial charge >= 0.3 is 0 Å². The van der Waals surface area contributed by atoms with Gasteiger partial charge in [0.1, 0.15) is 5.76 Å². The molecular formula is C16H25NO2. The highest BCUT2D eigenvalue weighted by atomic mass is 16.5. The summed E-state index contributed by atoms with van der Waals surface area (Å²) in [6, 6.07) is 3.93. The third-order valence-electron chi connectivity index (χ3n) is 3.71. The first-order valence-electron chi connectivity index (χ1n) is 7.28. The third kappa shape index (κ3) is 4.84. The van der Waals surface area contributed by atoms with Gasteiger partial charge in [0.2, 0.25) is 0 Å². The van der Waals surface area contributed by atoms with Crippen LogP contribution in [-0.4, -0.2) is 37.7 Å². The molecule has 1 aliphatic rings. The molecule has 3 heteroatoms. The summed E-state index contributed by atoms with van der Waals surface area (Å²) in [6.45, 7) is 9.58. The van der Waals surface area contributed by atoms with Crippen LogP contribution in [0.4, 0.5) is 0 Å². The van der Waals surface area contributed by atoms with E-state index in [-0.39, 0.29) is 0 Å². The molecule has 0 atom stereocenters. The molecular weight excluding hydrogens is 238 g/mol. The predicted octanol–water partition coefficient (Wildman–Crippen LogP) is 3.43. The number of hydrogen-bond acceptors (Lipinski definition) is 3. The average Bonchev–Trinajstić information content (AvgIpc) is 2.92. The maximum absolute atomic E-state index is 5.42. The van der Waals surface area contributed by atoms with Gasteiger partial charge in [0.15, 0.2) is 0 Å². The van der Waals surface area contributed by atoms with E-state index >= 15 is 0 Å². The molecule has 0 bridgehead atoms. The normalized spacial score (nSPS) is 18.2. The number of likely N-dealkylation sites (N-methyl/N-ethyl adjacent to an activating group) is 1. The van der Waals surface area contributed by atoms with Crippen molar-refractivity contribution in [2.45, 2.75) is 26.7 Å². The van der Waals surface area contributed by atoms with E-state index in [1.54, 1.807) is 6.26 Å². The van der Waals surface area contributed by atoms with Crippen molar-refractivity contribution in [3.8, 4) is 0 Å². The summed E-state index contributed by atoms with van der Waals surface area (Å²) in [5.41, 5.74) is 1.35. The van der Waals surface area contributed by atoms with E-state index in [0.29, 0.717) is 0 Å². The van der Waals surface area contributed by atoms with Crippen LogP contribution in [-0.2, 0) is 4.74 Å². The summed E-state index contributed by atoms with van der Waals surface area (Å²) in [6.07, 6.45) is 6.26. The van der Waals surface area contributed by atoms with Gasteiger partial charge in [0, 0.05) is 26.3 Å². The first-order valence-corrected chi connectivity index (χ1v) is 7.28. The zero-order chi connectivity index (χ0) is 13.5. The SMILES string of the molecule is CCN(C/C(C)=C/c1ccco1)CC1CCOCC1. The molecule has 2 heterocycles. The molecule has 1 aliphatic heterocycles. The van der Waals surface area contributed by atoms with Gasteiger partial charge in [-0.2, -0.15) is 0 Å². The van der Waals surface area contributed by atoms with Gasteiger partial charge < -0.3 is 9.15 Å². The number of furan rings is 1. The van der Waals surface area contributed by atoms with Crippen molar-refractivity contribution in [3.63, 3.8) is 0 Å². The third-order valence-corrected chi connectivity index (χ3v) is 3.71. The lowest BCUT2D eigenvalue weighted by Crippen LogP contribution is -2.33. The van der Waals surface area contributed by atoms with Crippen LogP contribution in [0.5, 0.6) is 0 Å². The first kappa shape index (κ1) is 14.4. The second-order valence-corrected chi connectivity index (χ2v) is 5.39. The smallest absolute Gasteiger partial charge is 0.126 e. The Morgan fingerprint density at radius 3 is 2.84 bits per heavy atom. The van der Waals surface area contributed by atoms with Crippen LogP contribution >= 0.6 is 0 Å². The van der Waals surface area contributed by atoms with Crippen LogP contribution in [0.15, 0.2) is 28.4 Å². The monoisotopic (exact) mass is 263 g/mol. The van der Waals surface area contributed by atoms with E-state index in [4.69, 9.17) is 9.15 Å². The molecule has 0 unspecified atom stereocenters. The van der Waals surface area contributed by atoms with E-state index in [2.05, 4.69) is 24.8 Å². The second-order valence-electron chi connectivity index (χ2n) is 5.39. The Kier molecular flexibility index (Phi) is 5.67. The van der Waals surface area contributed by atoms with E-state index in [1.165, 1.54) is 25.0 Å². The van der Waals surface area contributed by atoms with Crippen LogP contribution in [0, 0.1) is 5.92 Å². The number of rotatable bonds is 6.